The Bertz CT molecular complexity index is 844. The molecule has 138 valence electrons. The van der Waals surface area contributed by atoms with Gasteiger partial charge in [-0.1, -0.05) is 24.4 Å². The highest BCUT2D eigenvalue weighted by Gasteiger charge is 2.51. The Morgan fingerprint density at radius 2 is 1.92 bits per heavy atom. The van der Waals surface area contributed by atoms with Gasteiger partial charge in [0.25, 0.3) is 0 Å². The van der Waals surface area contributed by atoms with Crippen LogP contribution in [0.3, 0.4) is 0 Å². The number of hydrogen-bond donors (Lipinski definition) is 2. The Kier molecular flexibility index (Phi) is 3.80. The molecule has 1 amide bonds. The van der Waals surface area contributed by atoms with Crippen LogP contribution >= 0.6 is 11.6 Å². The lowest BCUT2D eigenvalue weighted by Gasteiger charge is -2.28. The average molecular weight is 374 g/mol. The lowest BCUT2D eigenvalue weighted by atomic mass is 9.88. The minimum atomic E-state index is -0.884. The van der Waals surface area contributed by atoms with E-state index in [4.69, 9.17) is 11.6 Å². The van der Waals surface area contributed by atoms with Crippen LogP contribution in [-0.2, 0) is 10.4 Å². The first-order chi connectivity index (χ1) is 12.5. The van der Waals surface area contributed by atoms with Crippen LogP contribution in [0.25, 0.3) is 10.9 Å². The number of hydrogen-bond acceptors (Lipinski definition) is 3. The molecule has 2 heterocycles. The molecule has 0 unspecified atom stereocenters. The number of aromatic amines is 1. The summed E-state index contributed by atoms with van der Waals surface area (Å²) in [6.45, 7) is 1.58. The number of aliphatic hydroxyl groups is 1. The third-order valence-electron chi connectivity index (χ3n) is 6.82. The lowest BCUT2D eigenvalue weighted by Crippen LogP contribution is -2.35. The van der Waals surface area contributed by atoms with Crippen molar-refractivity contribution in [2.24, 2.45) is 17.8 Å². The number of benzene rings is 1. The standard InChI is InChI=1S/C20H24ClN3O2/c21-15-5-17(16-9-22-23-18(16)6-15)20(26)7-13-10-24(11-14(13)8-20)19(25)12-3-1-2-4-12/h5-6,9,12-14,26H,1-4,7-8,10-11H2,(H,22,23)/t13-,14+,20-. The minimum absolute atomic E-state index is 0.242. The number of likely N-dealkylation sites (tertiary alicyclic amines) is 1. The second-order valence-electron chi connectivity index (χ2n) is 8.47. The zero-order valence-corrected chi connectivity index (χ0v) is 15.5. The molecule has 3 atom stereocenters. The smallest absolute Gasteiger partial charge is 0.225 e. The second-order valence-corrected chi connectivity index (χ2v) is 8.91. The van der Waals surface area contributed by atoms with Gasteiger partial charge in [-0.25, -0.2) is 0 Å². The number of rotatable bonds is 2. The summed E-state index contributed by atoms with van der Waals surface area (Å²) in [6.07, 6.45) is 7.62. The van der Waals surface area contributed by atoms with Crippen LogP contribution in [0, 0.1) is 17.8 Å². The van der Waals surface area contributed by atoms with E-state index in [1.165, 1.54) is 12.8 Å². The van der Waals surface area contributed by atoms with Crippen molar-refractivity contribution in [2.45, 2.75) is 44.1 Å². The highest BCUT2D eigenvalue weighted by molar-refractivity contribution is 6.31. The molecule has 2 N–H and O–H groups in total. The fourth-order valence-electron chi connectivity index (χ4n) is 5.58. The first-order valence-electron chi connectivity index (χ1n) is 9.68. The number of aromatic nitrogens is 2. The molecule has 6 heteroatoms. The summed E-state index contributed by atoms with van der Waals surface area (Å²) in [4.78, 5) is 14.8. The summed E-state index contributed by atoms with van der Waals surface area (Å²) >= 11 is 6.27. The van der Waals surface area contributed by atoms with Gasteiger partial charge >= 0.3 is 0 Å². The number of halogens is 1. The van der Waals surface area contributed by atoms with Gasteiger partial charge in [-0.2, -0.15) is 5.10 Å². The topological polar surface area (TPSA) is 69.2 Å². The lowest BCUT2D eigenvalue weighted by molar-refractivity contribution is -0.134. The quantitative estimate of drug-likeness (QED) is 0.846. The molecular weight excluding hydrogens is 350 g/mol. The Hall–Kier alpha value is -1.59. The van der Waals surface area contributed by atoms with Gasteiger partial charge < -0.3 is 10.0 Å². The number of carbonyl (C=O) groups excluding carboxylic acids is 1. The van der Waals surface area contributed by atoms with Gasteiger partial charge in [0, 0.05) is 29.4 Å². The molecule has 1 aromatic carbocycles. The van der Waals surface area contributed by atoms with Crippen LogP contribution in [0.1, 0.15) is 44.1 Å². The first kappa shape index (κ1) is 16.6. The third-order valence-corrected chi connectivity index (χ3v) is 7.04. The molecule has 3 aliphatic rings. The number of fused-ring (bicyclic) bond motifs is 2. The van der Waals surface area contributed by atoms with Gasteiger partial charge in [0.05, 0.1) is 17.3 Å². The van der Waals surface area contributed by atoms with Crippen LogP contribution in [0.4, 0.5) is 0 Å². The summed E-state index contributed by atoms with van der Waals surface area (Å²) in [7, 11) is 0. The van der Waals surface area contributed by atoms with Crippen molar-refractivity contribution in [2.75, 3.05) is 13.1 Å². The van der Waals surface area contributed by atoms with E-state index in [0.717, 1.165) is 42.4 Å². The molecule has 1 saturated heterocycles. The van der Waals surface area contributed by atoms with E-state index in [0.29, 0.717) is 35.6 Å². The van der Waals surface area contributed by atoms with Gasteiger partial charge in [-0.05, 0) is 55.2 Å². The first-order valence-corrected chi connectivity index (χ1v) is 10.1. The molecule has 2 saturated carbocycles. The highest BCUT2D eigenvalue weighted by Crippen LogP contribution is 2.51. The van der Waals surface area contributed by atoms with Crippen molar-refractivity contribution in [3.63, 3.8) is 0 Å². The number of carbonyl (C=O) groups is 1. The molecule has 2 aromatic rings. The fraction of sp³-hybridized carbons (Fsp3) is 0.600. The molecule has 0 bridgehead atoms. The van der Waals surface area contributed by atoms with Crippen LogP contribution < -0.4 is 0 Å². The fourth-order valence-corrected chi connectivity index (χ4v) is 5.80. The van der Waals surface area contributed by atoms with E-state index in [2.05, 4.69) is 15.1 Å². The normalized spacial score (nSPS) is 31.8. The maximum atomic E-state index is 12.7. The van der Waals surface area contributed by atoms with Crippen LogP contribution in [0.15, 0.2) is 18.3 Å². The van der Waals surface area contributed by atoms with Crippen molar-refractivity contribution in [3.05, 3.63) is 28.9 Å². The van der Waals surface area contributed by atoms with E-state index in [9.17, 15) is 9.90 Å². The Morgan fingerprint density at radius 1 is 1.23 bits per heavy atom. The zero-order chi connectivity index (χ0) is 17.9. The average Bonchev–Trinajstić information content (AvgIpc) is 3.36. The zero-order valence-electron chi connectivity index (χ0n) is 14.7. The maximum absolute atomic E-state index is 12.7. The van der Waals surface area contributed by atoms with E-state index in [1.807, 2.05) is 12.1 Å². The maximum Gasteiger partial charge on any atom is 0.225 e. The monoisotopic (exact) mass is 373 g/mol. The van der Waals surface area contributed by atoms with E-state index >= 15 is 0 Å². The van der Waals surface area contributed by atoms with E-state index in [1.54, 1.807) is 6.20 Å². The van der Waals surface area contributed by atoms with Gasteiger partial charge in [-0.15, -0.1) is 0 Å². The molecule has 26 heavy (non-hydrogen) atoms. The largest absolute Gasteiger partial charge is 0.385 e. The van der Waals surface area contributed by atoms with Gasteiger partial charge in [0.15, 0.2) is 0 Å². The number of H-pyrrole nitrogens is 1. The van der Waals surface area contributed by atoms with Gasteiger partial charge in [-0.3, -0.25) is 9.89 Å². The molecule has 5 nitrogen and oxygen atoms in total. The minimum Gasteiger partial charge on any atom is -0.385 e. The van der Waals surface area contributed by atoms with Crippen molar-refractivity contribution < 1.29 is 9.90 Å². The van der Waals surface area contributed by atoms with Crippen molar-refractivity contribution in [1.29, 1.82) is 0 Å². The van der Waals surface area contributed by atoms with Crippen molar-refractivity contribution >= 4 is 28.4 Å². The van der Waals surface area contributed by atoms with Crippen molar-refractivity contribution in [3.8, 4) is 0 Å². The third kappa shape index (κ3) is 2.55. The molecule has 3 fully saturated rings. The Balaban J connectivity index is 1.37. The summed E-state index contributed by atoms with van der Waals surface area (Å²) in [5.74, 6) is 1.32. The van der Waals surface area contributed by atoms with Gasteiger partial charge in [0.1, 0.15) is 0 Å². The second kappa shape index (κ2) is 5.96. The number of nitrogens with zero attached hydrogens (tertiary/aromatic N) is 2. The van der Waals surface area contributed by atoms with Gasteiger partial charge in [0.2, 0.25) is 5.91 Å². The number of amides is 1. The molecule has 1 aliphatic heterocycles. The van der Waals surface area contributed by atoms with Crippen LogP contribution in [0.2, 0.25) is 5.02 Å². The van der Waals surface area contributed by atoms with E-state index < -0.39 is 5.60 Å². The Labute approximate surface area is 157 Å². The molecule has 1 aromatic heterocycles. The molecular formula is C20H24ClN3O2. The molecule has 0 radical (unpaired) electrons. The summed E-state index contributed by atoms with van der Waals surface area (Å²) in [6, 6.07) is 3.72. The predicted octanol–water partition coefficient (Wildman–Crippen LogP) is 3.46. The SMILES string of the molecule is O=C(C1CCCC1)N1C[C@@H]2C[C@@](O)(c3cc(Cl)cc4[nH]ncc34)C[C@@H]2C1. The summed E-state index contributed by atoms with van der Waals surface area (Å²) in [5.41, 5.74) is 0.845. The number of nitrogens with one attached hydrogen (secondary N) is 1. The molecule has 2 aliphatic carbocycles. The summed E-state index contributed by atoms with van der Waals surface area (Å²) in [5, 5.41) is 20.0. The predicted molar refractivity (Wildman–Crippen MR) is 99.8 cm³/mol. The van der Waals surface area contributed by atoms with E-state index in [-0.39, 0.29) is 5.92 Å². The summed E-state index contributed by atoms with van der Waals surface area (Å²) < 4.78 is 0. The van der Waals surface area contributed by atoms with Crippen LogP contribution in [-0.4, -0.2) is 39.2 Å². The van der Waals surface area contributed by atoms with Crippen LogP contribution in [0.5, 0.6) is 0 Å². The van der Waals surface area contributed by atoms with Crippen molar-refractivity contribution in [1.82, 2.24) is 15.1 Å². The highest BCUT2D eigenvalue weighted by atomic mass is 35.5. The molecule has 5 rings (SSSR count). The molecule has 0 spiro atoms. The Morgan fingerprint density at radius 3 is 2.62 bits per heavy atom.